The Morgan fingerprint density at radius 1 is 1.48 bits per heavy atom. The van der Waals surface area contributed by atoms with Crippen molar-refractivity contribution < 1.29 is 31.9 Å². The Kier molecular flexibility index (Phi) is 4.58. The van der Waals surface area contributed by atoms with Gasteiger partial charge in [-0.2, -0.15) is 13.2 Å². The molecule has 0 radical (unpaired) electrons. The summed E-state index contributed by atoms with van der Waals surface area (Å²) < 4.78 is 53.7. The molecular formula is C13H16F3NO4. The highest BCUT2D eigenvalue weighted by Crippen LogP contribution is 2.34. The maximum absolute atomic E-state index is 12.9. The van der Waals surface area contributed by atoms with Gasteiger partial charge in [-0.15, -0.1) is 0 Å². The maximum atomic E-state index is 12.9. The number of aryl methyl sites for hydroxylation is 1. The van der Waals surface area contributed by atoms with Gasteiger partial charge in [-0.1, -0.05) is 0 Å². The van der Waals surface area contributed by atoms with Crippen molar-refractivity contribution in [2.24, 2.45) is 0 Å². The quantitative estimate of drug-likeness (QED) is 0.839. The second-order valence-corrected chi connectivity index (χ2v) is 4.78. The molecular weight excluding hydrogens is 291 g/mol. The first kappa shape index (κ1) is 15.8. The number of halogens is 3. The van der Waals surface area contributed by atoms with Gasteiger partial charge in [0.2, 0.25) is 5.76 Å². The van der Waals surface area contributed by atoms with Gasteiger partial charge >= 0.3 is 6.18 Å². The lowest BCUT2D eigenvalue weighted by Gasteiger charge is -2.22. The summed E-state index contributed by atoms with van der Waals surface area (Å²) in [4.78, 5) is 13.6. The summed E-state index contributed by atoms with van der Waals surface area (Å²) in [6.07, 6.45) is -5.07. The van der Waals surface area contributed by atoms with E-state index in [2.05, 4.69) is 4.42 Å². The fourth-order valence-corrected chi connectivity index (χ4v) is 2.16. The highest BCUT2D eigenvalue weighted by molar-refractivity contribution is 5.95. The van der Waals surface area contributed by atoms with Crippen molar-refractivity contribution >= 4 is 5.91 Å². The first-order chi connectivity index (χ1) is 9.82. The molecule has 2 heterocycles. The van der Waals surface area contributed by atoms with E-state index in [0.29, 0.717) is 6.61 Å². The van der Waals surface area contributed by atoms with E-state index in [9.17, 15) is 18.0 Å². The van der Waals surface area contributed by atoms with Crippen molar-refractivity contribution in [2.75, 3.05) is 33.4 Å². The fraction of sp³-hybridized carbons (Fsp3) is 0.615. The third kappa shape index (κ3) is 3.56. The number of alkyl halides is 3. The molecule has 1 amide bonds. The number of methoxy groups -OCH3 is 1. The summed E-state index contributed by atoms with van der Waals surface area (Å²) >= 11 is 0. The molecule has 5 nitrogen and oxygen atoms in total. The molecule has 0 aromatic carbocycles. The van der Waals surface area contributed by atoms with Crippen LogP contribution in [0.3, 0.4) is 0 Å². The highest BCUT2D eigenvalue weighted by Gasteiger charge is 2.41. The van der Waals surface area contributed by atoms with Gasteiger partial charge < -0.3 is 18.8 Å². The molecule has 1 aliphatic rings. The standard InChI is InChI=1S/C13H16F3NO4/c1-8-5-10(11(21-8)13(14,15)16)12(18)17-3-4-20-7-9(6-17)19-2/h5,9H,3-4,6-7H2,1-2H3/t9-/m1/s1. The summed E-state index contributed by atoms with van der Waals surface area (Å²) in [6, 6.07) is 1.11. The van der Waals surface area contributed by atoms with Gasteiger partial charge in [0.1, 0.15) is 5.76 Å². The zero-order valence-corrected chi connectivity index (χ0v) is 11.7. The average molecular weight is 307 g/mol. The Morgan fingerprint density at radius 3 is 2.81 bits per heavy atom. The lowest BCUT2D eigenvalue weighted by Crippen LogP contribution is -2.39. The van der Waals surface area contributed by atoms with E-state index >= 15 is 0 Å². The lowest BCUT2D eigenvalue weighted by atomic mass is 10.2. The number of hydrogen-bond acceptors (Lipinski definition) is 4. The van der Waals surface area contributed by atoms with Crippen molar-refractivity contribution in [1.82, 2.24) is 4.90 Å². The third-order valence-corrected chi connectivity index (χ3v) is 3.20. The zero-order valence-electron chi connectivity index (χ0n) is 11.7. The smallest absolute Gasteiger partial charge is 0.450 e. The van der Waals surface area contributed by atoms with Gasteiger partial charge in [-0.25, -0.2) is 0 Å². The van der Waals surface area contributed by atoms with Gasteiger partial charge in [0.25, 0.3) is 5.91 Å². The van der Waals surface area contributed by atoms with Crippen LogP contribution in [0.2, 0.25) is 0 Å². The van der Waals surface area contributed by atoms with Crippen molar-refractivity contribution in [2.45, 2.75) is 19.2 Å². The van der Waals surface area contributed by atoms with Gasteiger partial charge in [0.15, 0.2) is 0 Å². The molecule has 1 atom stereocenters. The molecule has 1 aromatic heterocycles. The minimum atomic E-state index is -4.71. The maximum Gasteiger partial charge on any atom is 0.450 e. The summed E-state index contributed by atoms with van der Waals surface area (Å²) in [5.41, 5.74) is -0.475. The predicted molar refractivity (Wildman–Crippen MR) is 66.0 cm³/mol. The molecule has 0 unspecified atom stereocenters. The molecule has 1 aliphatic heterocycles. The summed E-state index contributed by atoms with van der Waals surface area (Å²) in [5.74, 6) is -1.95. The number of nitrogens with zero attached hydrogens (tertiary/aromatic N) is 1. The SMILES string of the molecule is CO[C@H]1COCCN(C(=O)c2cc(C)oc2C(F)(F)F)C1. The van der Waals surface area contributed by atoms with Crippen LogP contribution in [-0.2, 0) is 15.7 Å². The average Bonchev–Trinajstić information content (AvgIpc) is 2.67. The first-order valence-corrected chi connectivity index (χ1v) is 6.40. The first-order valence-electron chi connectivity index (χ1n) is 6.40. The Labute approximate surface area is 119 Å². The Morgan fingerprint density at radius 2 is 2.19 bits per heavy atom. The number of carbonyl (C=O) groups is 1. The van der Waals surface area contributed by atoms with Crippen molar-refractivity contribution in [3.63, 3.8) is 0 Å². The molecule has 2 rings (SSSR count). The second kappa shape index (κ2) is 6.07. The van der Waals surface area contributed by atoms with Crippen LogP contribution in [0.1, 0.15) is 21.9 Å². The van der Waals surface area contributed by atoms with Gasteiger partial charge in [-0.3, -0.25) is 4.79 Å². The van der Waals surface area contributed by atoms with Crippen LogP contribution < -0.4 is 0 Å². The Bertz CT molecular complexity index is 512. The van der Waals surface area contributed by atoms with E-state index in [1.54, 1.807) is 0 Å². The van der Waals surface area contributed by atoms with Crippen molar-refractivity contribution in [3.05, 3.63) is 23.2 Å². The molecule has 0 aliphatic carbocycles. The van der Waals surface area contributed by atoms with E-state index in [0.717, 1.165) is 6.07 Å². The van der Waals surface area contributed by atoms with Crippen molar-refractivity contribution in [1.29, 1.82) is 0 Å². The number of ether oxygens (including phenoxy) is 2. The number of amides is 1. The number of rotatable bonds is 2. The predicted octanol–water partition coefficient (Wildman–Crippen LogP) is 2.09. The van der Waals surface area contributed by atoms with Crippen LogP contribution in [0.5, 0.6) is 0 Å². The van der Waals surface area contributed by atoms with Crippen LogP contribution in [0.25, 0.3) is 0 Å². The normalized spacial score (nSPS) is 20.4. The monoisotopic (exact) mass is 307 g/mol. The molecule has 1 saturated heterocycles. The largest absolute Gasteiger partial charge is 0.456 e. The van der Waals surface area contributed by atoms with E-state index in [1.807, 2.05) is 0 Å². The second-order valence-electron chi connectivity index (χ2n) is 4.78. The molecule has 21 heavy (non-hydrogen) atoms. The number of furan rings is 1. The summed E-state index contributed by atoms with van der Waals surface area (Å²) in [5, 5.41) is 0. The minimum absolute atomic E-state index is 0.0417. The van der Waals surface area contributed by atoms with Crippen LogP contribution in [0.4, 0.5) is 13.2 Å². The fourth-order valence-electron chi connectivity index (χ4n) is 2.16. The molecule has 0 saturated carbocycles. The molecule has 1 aromatic rings. The van der Waals surface area contributed by atoms with Crippen LogP contribution in [-0.4, -0.2) is 50.3 Å². The summed E-state index contributed by atoms with van der Waals surface area (Å²) in [7, 11) is 1.46. The van der Waals surface area contributed by atoms with Crippen LogP contribution in [0, 0.1) is 6.92 Å². The van der Waals surface area contributed by atoms with Crippen molar-refractivity contribution in [3.8, 4) is 0 Å². The Hall–Kier alpha value is -1.54. The van der Waals surface area contributed by atoms with E-state index < -0.39 is 23.4 Å². The molecule has 0 spiro atoms. The van der Waals surface area contributed by atoms with Gasteiger partial charge in [0, 0.05) is 20.2 Å². The molecule has 8 heteroatoms. The zero-order chi connectivity index (χ0) is 15.6. The molecule has 0 bridgehead atoms. The number of carbonyl (C=O) groups excluding carboxylic acids is 1. The minimum Gasteiger partial charge on any atom is -0.456 e. The van der Waals surface area contributed by atoms with E-state index in [4.69, 9.17) is 9.47 Å². The van der Waals surface area contributed by atoms with Crippen LogP contribution in [0.15, 0.2) is 10.5 Å². The molecule has 1 fully saturated rings. The number of hydrogen-bond donors (Lipinski definition) is 0. The topological polar surface area (TPSA) is 51.9 Å². The Balaban J connectivity index is 2.27. The van der Waals surface area contributed by atoms with E-state index in [-0.39, 0.29) is 31.6 Å². The van der Waals surface area contributed by atoms with Gasteiger partial charge in [-0.05, 0) is 13.0 Å². The van der Waals surface area contributed by atoms with Gasteiger partial charge in [0.05, 0.1) is 24.9 Å². The molecule has 118 valence electrons. The third-order valence-electron chi connectivity index (χ3n) is 3.20. The summed E-state index contributed by atoms with van der Waals surface area (Å²) in [6.45, 7) is 2.31. The highest BCUT2D eigenvalue weighted by atomic mass is 19.4. The van der Waals surface area contributed by atoms with E-state index in [1.165, 1.54) is 18.9 Å². The molecule has 0 N–H and O–H groups in total. The lowest BCUT2D eigenvalue weighted by molar-refractivity contribution is -0.153. The van der Waals surface area contributed by atoms with Crippen LogP contribution >= 0.6 is 0 Å².